The van der Waals surface area contributed by atoms with Gasteiger partial charge in [0.05, 0.1) is 24.4 Å². The van der Waals surface area contributed by atoms with Crippen LogP contribution in [0.2, 0.25) is 0 Å². The number of nitriles is 1. The molecule has 1 heterocycles. The van der Waals surface area contributed by atoms with Crippen molar-refractivity contribution in [3.8, 4) is 28.8 Å². The van der Waals surface area contributed by atoms with Crippen molar-refractivity contribution in [3.05, 3.63) is 54.1 Å². The van der Waals surface area contributed by atoms with Crippen molar-refractivity contribution in [1.82, 2.24) is 15.0 Å². The van der Waals surface area contributed by atoms with Crippen molar-refractivity contribution in [2.45, 2.75) is 0 Å². The molecule has 3 rings (SSSR count). The third-order valence-corrected chi connectivity index (χ3v) is 3.27. The van der Waals surface area contributed by atoms with Gasteiger partial charge < -0.3 is 10.5 Å². The molecule has 108 valence electrons. The number of rotatable bonds is 3. The second kappa shape index (κ2) is 5.58. The van der Waals surface area contributed by atoms with Crippen LogP contribution in [0.4, 0.5) is 5.82 Å². The van der Waals surface area contributed by atoms with Crippen LogP contribution in [0, 0.1) is 11.3 Å². The summed E-state index contributed by atoms with van der Waals surface area (Å²) < 4.78 is 6.72. The van der Waals surface area contributed by atoms with Crippen molar-refractivity contribution in [2.24, 2.45) is 0 Å². The van der Waals surface area contributed by atoms with Gasteiger partial charge >= 0.3 is 0 Å². The van der Waals surface area contributed by atoms with Gasteiger partial charge in [-0.3, -0.25) is 0 Å². The lowest BCUT2D eigenvalue weighted by Crippen LogP contribution is -2.02. The molecule has 0 fully saturated rings. The van der Waals surface area contributed by atoms with Crippen LogP contribution in [-0.2, 0) is 0 Å². The van der Waals surface area contributed by atoms with E-state index in [0.29, 0.717) is 22.8 Å². The van der Waals surface area contributed by atoms with Gasteiger partial charge in [-0.25, -0.2) is 0 Å². The standard InChI is InChI=1S/C16H13N5O/c1-22-14-7-3-5-12(9-14)15-16(18)21(20-19-15)13-6-2-4-11(8-13)10-17/h2-9H,18H2,1H3. The summed E-state index contributed by atoms with van der Waals surface area (Å²) in [5, 5.41) is 17.2. The monoisotopic (exact) mass is 291 g/mol. The van der Waals surface area contributed by atoms with Gasteiger partial charge in [-0.1, -0.05) is 23.4 Å². The number of hydrogen-bond acceptors (Lipinski definition) is 5. The normalized spacial score (nSPS) is 10.2. The summed E-state index contributed by atoms with van der Waals surface area (Å²) >= 11 is 0. The Morgan fingerprint density at radius 1 is 1.18 bits per heavy atom. The van der Waals surface area contributed by atoms with E-state index in [1.54, 1.807) is 25.3 Å². The van der Waals surface area contributed by atoms with Crippen LogP contribution in [0.5, 0.6) is 5.75 Å². The molecule has 0 bridgehead atoms. The molecular weight excluding hydrogens is 278 g/mol. The maximum absolute atomic E-state index is 8.98. The smallest absolute Gasteiger partial charge is 0.155 e. The minimum atomic E-state index is 0.406. The van der Waals surface area contributed by atoms with Crippen LogP contribution in [0.1, 0.15) is 5.56 Å². The van der Waals surface area contributed by atoms with E-state index in [4.69, 9.17) is 15.7 Å². The topological polar surface area (TPSA) is 89.8 Å². The van der Waals surface area contributed by atoms with E-state index < -0.39 is 0 Å². The molecule has 0 spiro atoms. The van der Waals surface area contributed by atoms with Crippen molar-refractivity contribution < 1.29 is 4.74 Å². The maximum atomic E-state index is 8.98. The number of nitrogens with zero attached hydrogens (tertiary/aromatic N) is 4. The average molecular weight is 291 g/mol. The third-order valence-electron chi connectivity index (χ3n) is 3.27. The molecule has 6 heteroatoms. The summed E-state index contributed by atoms with van der Waals surface area (Å²) in [5.74, 6) is 1.13. The Bertz CT molecular complexity index is 863. The number of aromatic nitrogens is 3. The number of nitrogens with two attached hydrogens (primary N) is 1. The second-order valence-electron chi connectivity index (χ2n) is 4.63. The first-order chi connectivity index (χ1) is 10.7. The summed E-state index contributed by atoms with van der Waals surface area (Å²) in [6, 6.07) is 16.6. The van der Waals surface area contributed by atoms with Crippen molar-refractivity contribution in [1.29, 1.82) is 5.26 Å². The van der Waals surface area contributed by atoms with Gasteiger partial charge in [-0.05, 0) is 30.3 Å². The lowest BCUT2D eigenvalue weighted by atomic mass is 10.1. The Balaban J connectivity index is 2.06. The molecule has 0 aliphatic heterocycles. The van der Waals surface area contributed by atoms with Crippen LogP contribution in [0.15, 0.2) is 48.5 Å². The fourth-order valence-electron chi connectivity index (χ4n) is 2.16. The minimum Gasteiger partial charge on any atom is -0.497 e. The number of methoxy groups -OCH3 is 1. The van der Waals surface area contributed by atoms with Crippen molar-refractivity contribution in [3.63, 3.8) is 0 Å². The van der Waals surface area contributed by atoms with Crippen LogP contribution < -0.4 is 10.5 Å². The van der Waals surface area contributed by atoms with Gasteiger partial charge in [-0.15, -0.1) is 5.10 Å². The maximum Gasteiger partial charge on any atom is 0.155 e. The molecule has 0 radical (unpaired) electrons. The molecule has 0 saturated heterocycles. The molecule has 0 aliphatic rings. The number of benzene rings is 2. The Labute approximate surface area is 127 Å². The van der Waals surface area contributed by atoms with Crippen LogP contribution in [-0.4, -0.2) is 22.1 Å². The highest BCUT2D eigenvalue weighted by Crippen LogP contribution is 2.28. The molecule has 1 aromatic heterocycles. The zero-order chi connectivity index (χ0) is 15.5. The SMILES string of the molecule is COc1cccc(-c2nnn(-c3cccc(C#N)c3)c2N)c1. The molecule has 0 amide bonds. The number of hydrogen-bond donors (Lipinski definition) is 1. The van der Waals surface area contributed by atoms with Gasteiger partial charge in [0, 0.05) is 5.56 Å². The van der Waals surface area contributed by atoms with E-state index >= 15 is 0 Å². The second-order valence-corrected chi connectivity index (χ2v) is 4.63. The summed E-state index contributed by atoms with van der Waals surface area (Å²) in [7, 11) is 1.60. The molecule has 22 heavy (non-hydrogen) atoms. The van der Waals surface area contributed by atoms with Crippen molar-refractivity contribution >= 4 is 5.82 Å². The van der Waals surface area contributed by atoms with E-state index in [9.17, 15) is 0 Å². The first kappa shape index (κ1) is 13.6. The molecule has 0 atom stereocenters. The molecule has 2 N–H and O–H groups in total. The Morgan fingerprint density at radius 2 is 2.00 bits per heavy atom. The van der Waals surface area contributed by atoms with Gasteiger partial charge in [0.15, 0.2) is 5.82 Å². The Morgan fingerprint density at radius 3 is 2.77 bits per heavy atom. The highest BCUT2D eigenvalue weighted by Gasteiger charge is 2.13. The van der Waals surface area contributed by atoms with Crippen LogP contribution in [0.25, 0.3) is 16.9 Å². The number of nitrogen functional groups attached to an aromatic ring is 1. The van der Waals surface area contributed by atoms with Gasteiger partial charge in [-0.2, -0.15) is 9.94 Å². The molecular formula is C16H13N5O. The Kier molecular flexibility index (Phi) is 3.46. The Hall–Kier alpha value is -3.33. The molecule has 2 aromatic carbocycles. The quantitative estimate of drug-likeness (QED) is 0.800. The van der Waals surface area contributed by atoms with Crippen molar-refractivity contribution in [2.75, 3.05) is 12.8 Å². The number of anilines is 1. The molecule has 6 nitrogen and oxygen atoms in total. The van der Waals surface area contributed by atoms with Gasteiger partial charge in [0.2, 0.25) is 0 Å². The molecule has 0 unspecified atom stereocenters. The fraction of sp³-hybridized carbons (Fsp3) is 0.0625. The predicted octanol–water partition coefficient (Wildman–Crippen LogP) is 2.40. The fourth-order valence-corrected chi connectivity index (χ4v) is 2.16. The lowest BCUT2D eigenvalue weighted by Gasteiger charge is -2.05. The largest absolute Gasteiger partial charge is 0.497 e. The molecule has 3 aromatic rings. The summed E-state index contributed by atoms with van der Waals surface area (Å²) in [4.78, 5) is 0. The number of ether oxygens (including phenoxy) is 1. The minimum absolute atomic E-state index is 0.406. The van der Waals surface area contributed by atoms with E-state index in [1.807, 2.05) is 30.3 Å². The summed E-state index contributed by atoms with van der Waals surface area (Å²) in [5.41, 5.74) is 8.78. The van der Waals surface area contributed by atoms with Crippen LogP contribution >= 0.6 is 0 Å². The first-order valence-corrected chi connectivity index (χ1v) is 6.59. The van der Waals surface area contributed by atoms with E-state index in [2.05, 4.69) is 16.4 Å². The lowest BCUT2D eigenvalue weighted by molar-refractivity contribution is 0.415. The predicted molar refractivity (Wildman–Crippen MR) is 82.5 cm³/mol. The average Bonchev–Trinajstić information content (AvgIpc) is 2.96. The summed E-state index contributed by atoms with van der Waals surface area (Å²) in [6.07, 6.45) is 0. The van der Waals surface area contributed by atoms with E-state index in [0.717, 1.165) is 11.3 Å². The zero-order valence-corrected chi connectivity index (χ0v) is 11.9. The van der Waals surface area contributed by atoms with Gasteiger partial charge in [0.25, 0.3) is 0 Å². The third kappa shape index (κ3) is 2.36. The zero-order valence-electron chi connectivity index (χ0n) is 11.9. The molecule has 0 saturated carbocycles. The van der Waals surface area contributed by atoms with E-state index in [-0.39, 0.29) is 0 Å². The molecule has 0 aliphatic carbocycles. The van der Waals surface area contributed by atoms with Crippen LogP contribution in [0.3, 0.4) is 0 Å². The highest BCUT2D eigenvalue weighted by atomic mass is 16.5. The van der Waals surface area contributed by atoms with E-state index in [1.165, 1.54) is 4.68 Å². The summed E-state index contributed by atoms with van der Waals surface area (Å²) in [6.45, 7) is 0. The first-order valence-electron chi connectivity index (χ1n) is 6.59. The van der Waals surface area contributed by atoms with Gasteiger partial charge in [0.1, 0.15) is 11.4 Å². The highest BCUT2D eigenvalue weighted by molar-refractivity contribution is 5.72.